The van der Waals surface area contributed by atoms with E-state index in [9.17, 15) is 4.79 Å². The molecule has 4 heteroatoms. The molecule has 1 rings (SSSR count). The summed E-state index contributed by atoms with van der Waals surface area (Å²) in [6, 6.07) is 1.96. The lowest BCUT2D eigenvalue weighted by atomic mass is 10.00. The minimum atomic E-state index is -0.197. The average Bonchev–Trinajstić information content (AvgIpc) is 2.17. The summed E-state index contributed by atoms with van der Waals surface area (Å²) in [5.74, 6) is -0.0649. The zero-order chi connectivity index (χ0) is 10.6. The predicted octanol–water partition coefficient (Wildman–Crippen LogP) is 2.51. The molecule has 0 radical (unpaired) electrons. The molecule has 1 heterocycles. The molecule has 14 heavy (non-hydrogen) atoms. The summed E-state index contributed by atoms with van der Waals surface area (Å²) in [5, 5.41) is 0. The number of carbonyl (C=O) groups excluding carboxylic acids is 1. The van der Waals surface area contributed by atoms with E-state index in [2.05, 4.69) is 25.7 Å². The van der Waals surface area contributed by atoms with Crippen molar-refractivity contribution in [3.8, 4) is 0 Å². The van der Waals surface area contributed by atoms with Gasteiger partial charge in [0.05, 0.1) is 13.5 Å². The first-order chi connectivity index (χ1) is 6.63. The molecular formula is C10H12BrNO2. The lowest BCUT2D eigenvalue weighted by molar-refractivity contribution is -0.140. The van der Waals surface area contributed by atoms with Crippen LogP contribution >= 0.6 is 15.9 Å². The largest absolute Gasteiger partial charge is 0.469 e. The van der Waals surface area contributed by atoms with Crippen LogP contribution in [0.2, 0.25) is 0 Å². The number of esters is 1. The van der Waals surface area contributed by atoms with Gasteiger partial charge in [-0.3, -0.25) is 9.78 Å². The number of aromatic nitrogens is 1. The van der Waals surface area contributed by atoms with Gasteiger partial charge in [-0.05, 0) is 33.5 Å². The van der Waals surface area contributed by atoms with Gasteiger partial charge in [0.15, 0.2) is 0 Å². The molecule has 76 valence electrons. The van der Waals surface area contributed by atoms with Gasteiger partial charge in [-0.2, -0.15) is 0 Å². The Hall–Kier alpha value is -0.900. The SMILES string of the molecule is COC(=O)CC(C)c1cncc(Br)c1. The average molecular weight is 258 g/mol. The number of ether oxygens (including phenoxy) is 1. The molecule has 3 nitrogen and oxygen atoms in total. The molecule has 0 aromatic carbocycles. The van der Waals surface area contributed by atoms with Crippen LogP contribution in [-0.2, 0) is 9.53 Å². The van der Waals surface area contributed by atoms with Gasteiger partial charge in [-0.15, -0.1) is 0 Å². The first-order valence-corrected chi connectivity index (χ1v) is 5.10. The van der Waals surface area contributed by atoms with Gasteiger partial charge >= 0.3 is 5.97 Å². The van der Waals surface area contributed by atoms with Crippen LogP contribution in [0.25, 0.3) is 0 Å². The van der Waals surface area contributed by atoms with Crippen molar-refractivity contribution >= 4 is 21.9 Å². The second-order valence-electron chi connectivity index (χ2n) is 3.12. The lowest BCUT2D eigenvalue weighted by Gasteiger charge is -2.09. The van der Waals surface area contributed by atoms with Crippen LogP contribution in [0.15, 0.2) is 22.9 Å². The highest BCUT2D eigenvalue weighted by Gasteiger charge is 2.11. The van der Waals surface area contributed by atoms with Crippen molar-refractivity contribution in [3.63, 3.8) is 0 Å². The molecule has 1 unspecified atom stereocenters. The Kier molecular flexibility index (Phi) is 4.07. The summed E-state index contributed by atoms with van der Waals surface area (Å²) in [5.41, 5.74) is 1.03. The smallest absolute Gasteiger partial charge is 0.306 e. The van der Waals surface area contributed by atoms with Crippen molar-refractivity contribution in [2.45, 2.75) is 19.3 Å². The van der Waals surface area contributed by atoms with Crippen LogP contribution in [0.4, 0.5) is 0 Å². The van der Waals surface area contributed by atoms with Gasteiger partial charge in [0.1, 0.15) is 0 Å². The van der Waals surface area contributed by atoms with Crippen molar-refractivity contribution < 1.29 is 9.53 Å². The van der Waals surface area contributed by atoms with Gasteiger partial charge in [0.2, 0.25) is 0 Å². The number of rotatable bonds is 3. The molecule has 0 saturated carbocycles. The number of hydrogen-bond donors (Lipinski definition) is 0. The number of pyridine rings is 1. The Morgan fingerprint density at radius 3 is 2.93 bits per heavy atom. The molecule has 0 fully saturated rings. The number of methoxy groups -OCH3 is 1. The highest BCUT2D eigenvalue weighted by atomic mass is 79.9. The fraction of sp³-hybridized carbons (Fsp3) is 0.400. The summed E-state index contributed by atoms with van der Waals surface area (Å²) in [6.45, 7) is 1.97. The first-order valence-electron chi connectivity index (χ1n) is 4.30. The molecule has 1 atom stereocenters. The van der Waals surface area contributed by atoms with Crippen LogP contribution in [0.5, 0.6) is 0 Å². The zero-order valence-electron chi connectivity index (χ0n) is 8.16. The minimum Gasteiger partial charge on any atom is -0.469 e. The van der Waals surface area contributed by atoms with E-state index in [1.54, 1.807) is 12.4 Å². The van der Waals surface area contributed by atoms with E-state index in [1.807, 2.05) is 13.0 Å². The summed E-state index contributed by atoms with van der Waals surface area (Å²) in [6.07, 6.45) is 3.86. The zero-order valence-corrected chi connectivity index (χ0v) is 9.74. The second-order valence-corrected chi connectivity index (χ2v) is 4.03. The predicted molar refractivity (Wildman–Crippen MR) is 57.0 cm³/mol. The van der Waals surface area contributed by atoms with E-state index in [0.29, 0.717) is 6.42 Å². The molecule has 0 saturated heterocycles. The van der Waals surface area contributed by atoms with E-state index < -0.39 is 0 Å². The number of nitrogens with zero attached hydrogens (tertiary/aromatic N) is 1. The standard InChI is InChI=1S/C10H12BrNO2/c1-7(3-10(13)14-2)8-4-9(11)6-12-5-8/h4-7H,3H2,1-2H3. The molecular weight excluding hydrogens is 246 g/mol. The van der Waals surface area contributed by atoms with Crippen molar-refractivity contribution in [1.82, 2.24) is 4.98 Å². The van der Waals surface area contributed by atoms with Gasteiger partial charge in [-0.1, -0.05) is 6.92 Å². The van der Waals surface area contributed by atoms with Crippen molar-refractivity contribution in [2.24, 2.45) is 0 Å². The molecule has 0 aliphatic rings. The van der Waals surface area contributed by atoms with Crippen LogP contribution in [-0.4, -0.2) is 18.1 Å². The van der Waals surface area contributed by atoms with Gasteiger partial charge < -0.3 is 4.74 Å². The normalized spacial score (nSPS) is 12.2. The summed E-state index contributed by atoms with van der Waals surface area (Å²) < 4.78 is 5.52. The van der Waals surface area contributed by atoms with Crippen LogP contribution in [0, 0.1) is 0 Å². The molecule has 0 aliphatic heterocycles. The van der Waals surface area contributed by atoms with Crippen molar-refractivity contribution in [1.29, 1.82) is 0 Å². The lowest BCUT2D eigenvalue weighted by Crippen LogP contribution is -2.06. The van der Waals surface area contributed by atoms with E-state index in [0.717, 1.165) is 10.0 Å². The van der Waals surface area contributed by atoms with Crippen LogP contribution in [0.3, 0.4) is 0 Å². The number of carbonyl (C=O) groups is 1. The van der Waals surface area contributed by atoms with Crippen molar-refractivity contribution in [2.75, 3.05) is 7.11 Å². The maximum atomic E-state index is 11.0. The van der Waals surface area contributed by atoms with Gasteiger partial charge in [0, 0.05) is 16.9 Å². The highest BCUT2D eigenvalue weighted by molar-refractivity contribution is 9.10. The summed E-state index contributed by atoms with van der Waals surface area (Å²) in [4.78, 5) is 15.1. The third-order valence-electron chi connectivity index (χ3n) is 2.00. The molecule has 1 aromatic heterocycles. The van der Waals surface area contributed by atoms with Crippen LogP contribution < -0.4 is 0 Å². The monoisotopic (exact) mass is 257 g/mol. The maximum absolute atomic E-state index is 11.0. The van der Waals surface area contributed by atoms with Gasteiger partial charge in [0.25, 0.3) is 0 Å². The number of halogens is 1. The highest BCUT2D eigenvalue weighted by Crippen LogP contribution is 2.21. The Morgan fingerprint density at radius 2 is 2.36 bits per heavy atom. The minimum absolute atomic E-state index is 0.132. The fourth-order valence-electron chi connectivity index (χ4n) is 1.15. The van der Waals surface area contributed by atoms with Crippen LogP contribution in [0.1, 0.15) is 24.8 Å². The summed E-state index contributed by atoms with van der Waals surface area (Å²) in [7, 11) is 1.40. The molecule has 0 N–H and O–H groups in total. The van der Waals surface area contributed by atoms with Gasteiger partial charge in [-0.25, -0.2) is 0 Å². The Bertz CT molecular complexity index is 328. The quantitative estimate of drug-likeness (QED) is 0.782. The third-order valence-corrected chi connectivity index (χ3v) is 2.43. The van der Waals surface area contributed by atoms with E-state index in [-0.39, 0.29) is 11.9 Å². The number of hydrogen-bond acceptors (Lipinski definition) is 3. The Labute approximate surface area is 91.6 Å². The Morgan fingerprint density at radius 1 is 1.64 bits per heavy atom. The first kappa shape index (κ1) is 11.2. The molecule has 0 aliphatic carbocycles. The van der Waals surface area contributed by atoms with E-state index >= 15 is 0 Å². The molecule has 0 spiro atoms. The van der Waals surface area contributed by atoms with E-state index in [1.165, 1.54) is 7.11 Å². The maximum Gasteiger partial charge on any atom is 0.306 e. The molecule has 1 aromatic rings. The second kappa shape index (κ2) is 5.10. The molecule has 0 bridgehead atoms. The summed E-state index contributed by atoms with van der Waals surface area (Å²) >= 11 is 3.34. The Balaban J connectivity index is 2.69. The fourth-order valence-corrected chi connectivity index (χ4v) is 1.53. The third kappa shape index (κ3) is 3.10. The molecule has 0 amide bonds. The van der Waals surface area contributed by atoms with E-state index in [4.69, 9.17) is 0 Å². The van der Waals surface area contributed by atoms with Crippen molar-refractivity contribution in [3.05, 3.63) is 28.5 Å². The topological polar surface area (TPSA) is 39.2 Å².